The van der Waals surface area contributed by atoms with Gasteiger partial charge in [-0.1, -0.05) is 24.3 Å². The molecule has 0 aliphatic carbocycles. The minimum atomic E-state index is -1.03. The second-order valence-corrected chi connectivity index (χ2v) is 5.72. The van der Waals surface area contributed by atoms with Crippen LogP contribution >= 0.6 is 11.8 Å². The lowest BCUT2D eigenvalue weighted by Gasteiger charge is -2.10. The largest absolute Gasteiger partial charge is 0.475 e. The summed E-state index contributed by atoms with van der Waals surface area (Å²) in [4.78, 5) is 10.8. The van der Waals surface area contributed by atoms with Gasteiger partial charge in [-0.15, -0.1) is 11.8 Å². The van der Waals surface area contributed by atoms with Crippen molar-refractivity contribution >= 4 is 17.7 Å². The van der Waals surface area contributed by atoms with Crippen molar-refractivity contribution in [2.45, 2.75) is 24.9 Å². The summed E-state index contributed by atoms with van der Waals surface area (Å²) in [6, 6.07) is 11.5. The molecule has 100 valence electrons. The number of hydrogen-bond acceptors (Lipinski definition) is 3. The van der Waals surface area contributed by atoms with Crippen molar-refractivity contribution in [1.82, 2.24) is 0 Å². The first kappa shape index (κ1) is 13.7. The summed E-state index contributed by atoms with van der Waals surface area (Å²) in [5, 5.41) is 8.96. The normalized spacial score (nSPS) is 12.3. The second kappa shape index (κ2) is 5.97. The molecule has 0 radical (unpaired) electrons. The predicted molar refractivity (Wildman–Crippen MR) is 76.6 cm³/mol. The number of carbonyl (C=O) groups is 1. The highest BCUT2D eigenvalue weighted by atomic mass is 32.2. The fraction of sp³-hybridized carbons (Fsp3) is 0.267. The maximum absolute atomic E-state index is 10.8. The van der Waals surface area contributed by atoms with Crippen LogP contribution in [0.25, 0.3) is 0 Å². The Morgan fingerprint density at radius 1 is 1.32 bits per heavy atom. The molecule has 1 aromatic heterocycles. The number of carboxylic acids is 1. The van der Waals surface area contributed by atoms with E-state index in [0.717, 1.165) is 5.75 Å². The summed E-state index contributed by atoms with van der Waals surface area (Å²) in [5.74, 6) is 0.563. The van der Waals surface area contributed by atoms with Crippen LogP contribution in [0.4, 0.5) is 0 Å². The van der Waals surface area contributed by atoms with Crippen LogP contribution < -0.4 is 0 Å². The van der Waals surface area contributed by atoms with Gasteiger partial charge in [-0.05, 0) is 37.1 Å². The third-order valence-corrected chi connectivity index (χ3v) is 4.20. The molecule has 19 heavy (non-hydrogen) atoms. The van der Waals surface area contributed by atoms with E-state index in [0.29, 0.717) is 5.76 Å². The Balaban J connectivity index is 1.99. The van der Waals surface area contributed by atoms with E-state index in [2.05, 4.69) is 19.1 Å². The third kappa shape index (κ3) is 3.41. The van der Waals surface area contributed by atoms with Crippen molar-refractivity contribution in [3.63, 3.8) is 0 Å². The average Bonchev–Trinajstić information content (AvgIpc) is 2.87. The van der Waals surface area contributed by atoms with E-state index in [1.807, 2.05) is 19.1 Å². The Morgan fingerprint density at radius 2 is 2.05 bits per heavy atom. The van der Waals surface area contributed by atoms with Crippen molar-refractivity contribution in [2.75, 3.05) is 0 Å². The van der Waals surface area contributed by atoms with Gasteiger partial charge in [0.2, 0.25) is 5.76 Å². The maximum atomic E-state index is 10.8. The smallest absolute Gasteiger partial charge is 0.371 e. The number of benzene rings is 1. The zero-order chi connectivity index (χ0) is 13.8. The van der Waals surface area contributed by atoms with Crippen molar-refractivity contribution in [2.24, 2.45) is 0 Å². The molecule has 0 fully saturated rings. The highest BCUT2D eigenvalue weighted by molar-refractivity contribution is 7.98. The molecule has 2 rings (SSSR count). The van der Waals surface area contributed by atoms with Crippen molar-refractivity contribution in [3.05, 3.63) is 59.0 Å². The van der Waals surface area contributed by atoms with E-state index in [1.165, 1.54) is 17.2 Å². The van der Waals surface area contributed by atoms with Crippen LogP contribution in [0.1, 0.15) is 39.6 Å². The molecule has 0 saturated carbocycles. The Bertz CT molecular complexity index is 574. The fourth-order valence-electron chi connectivity index (χ4n) is 1.76. The first-order valence-electron chi connectivity index (χ1n) is 6.07. The van der Waals surface area contributed by atoms with E-state index in [-0.39, 0.29) is 11.0 Å². The van der Waals surface area contributed by atoms with Gasteiger partial charge < -0.3 is 9.52 Å². The van der Waals surface area contributed by atoms with Crippen LogP contribution in [0.5, 0.6) is 0 Å². The zero-order valence-electron chi connectivity index (χ0n) is 10.9. The third-order valence-electron chi connectivity index (χ3n) is 2.99. The standard InChI is InChI=1S/C15H16O3S/c1-10-5-3-4-6-12(10)9-19-11(2)13-7-8-14(18-13)15(16)17/h3-8,11H,9H2,1-2H3,(H,16,17). The lowest BCUT2D eigenvalue weighted by atomic mass is 10.1. The summed E-state index contributed by atoms with van der Waals surface area (Å²) in [5.41, 5.74) is 2.57. The zero-order valence-corrected chi connectivity index (χ0v) is 11.7. The minimum absolute atomic E-state index is 0.00154. The van der Waals surface area contributed by atoms with E-state index < -0.39 is 5.97 Å². The Morgan fingerprint density at radius 3 is 2.68 bits per heavy atom. The summed E-state index contributed by atoms with van der Waals surface area (Å²) in [6.45, 7) is 4.11. The molecule has 1 atom stereocenters. The van der Waals surface area contributed by atoms with Gasteiger partial charge in [0.25, 0.3) is 0 Å². The molecular formula is C15H16O3S. The van der Waals surface area contributed by atoms with E-state index in [1.54, 1.807) is 17.8 Å². The molecule has 0 aliphatic heterocycles. The summed E-state index contributed by atoms with van der Waals surface area (Å²) >= 11 is 1.74. The van der Waals surface area contributed by atoms with Gasteiger partial charge in [0.15, 0.2) is 0 Å². The second-order valence-electron chi connectivity index (χ2n) is 4.39. The molecule has 0 saturated heterocycles. The molecule has 2 aromatic rings. The first-order valence-corrected chi connectivity index (χ1v) is 7.12. The fourth-order valence-corrected chi connectivity index (χ4v) is 2.80. The average molecular weight is 276 g/mol. The Kier molecular flexibility index (Phi) is 4.32. The molecule has 0 spiro atoms. The van der Waals surface area contributed by atoms with Crippen molar-refractivity contribution < 1.29 is 14.3 Å². The van der Waals surface area contributed by atoms with Crippen LogP contribution in [0, 0.1) is 6.92 Å². The summed E-state index contributed by atoms with van der Waals surface area (Å²) < 4.78 is 5.31. The molecule has 4 heteroatoms. The Hall–Kier alpha value is -1.68. The summed E-state index contributed by atoms with van der Waals surface area (Å²) in [7, 11) is 0. The number of rotatable bonds is 5. The van der Waals surface area contributed by atoms with E-state index >= 15 is 0 Å². The van der Waals surface area contributed by atoms with Crippen molar-refractivity contribution in [3.8, 4) is 0 Å². The van der Waals surface area contributed by atoms with Gasteiger partial charge in [0.05, 0.1) is 5.25 Å². The van der Waals surface area contributed by atoms with Crippen LogP contribution in [-0.4, -0.2) is 11.1 Å². The number of hydrogen-bond donors (Lipinski definition) is 1. The monoisotopic (exact) mass is 276 g/mol. The first-order chi connectivity index (χ1) is 9.08. The molecule has 1 aromatic carbocycles. The van der Waals surface area contributed by atoms with Gasteiger partial charge in [0.1, 0.15) is 5.76 Å². The van der Waals surface area contributed by atoms with Gasteiger partial charge in [-0.25, -0.2) is 4.79 Å². The van der Waals surface area contributed by atoms with Gasteiger partial charge in [-0.2, -0.15) is 0 Å². The minimum Gasteiger partial charge on any atom is -0.475 e. The molecular weight excluding hydrogens is 260 g/mol. The molecule has 3 nitrogen and oxygen atoms in total. The topological polar surface area (TPSA) is 50.4 Å². The number of thioether (sulfide) groups is 1. The lowest BCUT2D eigenvalue weighted by molar-refractivity contribution is 0.0660. The van der Waals surface area contributed by atoms with E-state index in [4.69, 9.17) is 9.52 Å². The Labute approximate surface area is 116 Å². The van der Waals surface area contributed by atoms with Gasteiger partial charge in [-0.3, -0.25) is 0 Å². The molecule has 1 heterocycles. The van der Waals surface area contributed by atoms with Crippen LogP contribution in [0.2, 0.25) is 0 Å². The van der Waals surface area contributed by atoms with Crippen LogP contribution in [-0.2, 0) is 5.75 Å². The quantitative estimate of drug-likeness (QED) is 0.885. The number of aryl methyl sites for hydroxylation is 1. The summed E-state index contributed by atoms with van der Waals surface area (Å²) in [6.07, 6.45) is 0. The molecule has 0 bridgehead atoms. The highest BCUT2D eigenvalue weighted by Crippen LogP contribution is 2.32. The van der Waals surface area contributed by atoms with Gasteiger partial charge in [0, 0.05) is 5.75 Å². The van der Waals surface area contributed by atoms with E-state index in [9.17, 15) is 4.79 Å². The number of carboxylic acid groups (broad SMARTS) is 1. The van der Waals surface area contributed by atoms with Crippen molar-refractivity contribution in [1.29, 1.82) is 0 Å². The highest BCUT2D eigenvalue weighted by Gasteiger charge is 2.14. The van der Waals surface area contributed by atoms with Gasteiger partial charge >= 0.3 is 5.97 Å². The molecule has 0 amide bonds. The predicted octanol–water partition coefficient (Wildman–Crippen LogP) is 4.28. The molecule has 0 aliphatic rings. The maximum Gasteiger partial charge on any atom is 0.371 e. The van der Waals surface area contributed by atoms with Crippen LogP contribution in [0.15, 0.2) is 40.8 Å². The molecule has 1 unspecified atom stereocenters. The number of aromatic carboxylic acids is 1. The lowest BCUT2D eigenvalue weighted by Crippen LogP contribution is -1.93. The number of furan rings is 1. The van der Waals surface area contributed by atoms with Crippen LogP contribution in [0.3, 0.4) is 0 Å². The molecule has 1 N–H and O–H groups in total. The SMILES string of the molecule is Cc1ccccc1CSC(C)c1ccc(C(=O)O)o1.